The minimum Gasteiger partial charge on any atom is -0.397 e. The van der Waals surface area contributed by atoms with E-state index in [9.17, 15) is 0 Å². The molecule has 0 bridgehead atoms. The maximum absolute atomic E-state index is 5.83. The third kappa shape index (κ3) is 2.00. The molecule has 0 atom stereocenters. The highest BCUT2D eigenvalue weighted by molar-refractivity contribution is 5.65. The molecule has 84 valence electrons. The second kappa shape index (κ2) is 4.26. The van der Waals surface area contributed by atoms with Gasteiger partial charge in [0, 0.05) is 12.1 Å². The highest BCUT2D eigenvalue weighted by Gasteiger charge is 2.08. The number of nitrogens with zero attached hydrogens (tertiary/aromatic N) is 1. The number of benzene rings is 1. The molecule has 1 aromatic carbocycles. The number of nitrogen functional groups attached to an aromatic ring is 1. The fraction of sp³-hybridized carbons (Fsp3) is 0.250. The average Bonchev–Trinajstić information content (AvgIpc) is 2.58. The van der Waals surface area contributed by atoms with E-state index in [4.69, 9.17) is 10.3 Å². The third-order valence-electron chi connectivity index (χ3n) is 2.60. The van der Waals surface area contributed by atoms with Gasteiger partial charge in [-0.1, -0.05) is 17.3 Å². The summed E-state index contributed by atoms with van der Waals surface area (Å²) in [6.45, 7) is 4.52. The molecule has 0 aliphatic carbocycles. The molecule has 0 spiro atoms. The summed E-state index contributed by atoms with van der Waals surface area (Å²) in [7, 11) is 0. The molecule has 0 fully saturated rings. The van der Waals surface area contributed by atoms with Crippen molar-refractivity contribution in [3.63, 3.8) is 0 Å². The maximum atomic E-state index is 5.83. The van der Waals surface area contributed by atoms with Crippen LogP contribution in [-0.4, -0.2) is 5.16 Å². The van der Waals surface area contributed by atoms with Gasteiger partial charge in [-0.3, -0.25) is 0 Å². The van der Waals surface area contributed by atoms with Crippen LogP contribution in [0.15, 0.2) is 28.8 Å². The molecule has 3 N–H and O–H groups in total. The van der Waals surface area contributed by atoms with Crippen LogP contribution in [0.1, 0.15) is 17.0 Å². The van der Waals surface area contributed by atoms with E-state index in [0.717, 1.165) is 28.4 Å². The molecule has 1 aromatic heterocycles. The van der Waals surface area contributed by atoms with E-state index in [1.807, 2.05) is 38.1 Å². The maximum Gasteiger partial charge on any atom is 0.138 e. The first-order chi connectivity index (χ1) is 7.68. The highest BCUT2D eigenvalue weighted by Crippen LogP contribution is 2.19. The molecular formula is C12H15N3O. The van der Waals surface area contributed by atoms with Gasteiger partial charge in [0.25, 0.3) is 0 Å². The SMILES string of the molecule is Cc1noc(C)c1CNc1ccccc1N. The average molecular weight is 217 g/mol. The van der Waals surface area contributed by atoms with Crippen molar-refractivity contribution in [3.05, 3.63) is 41.3 Å². The van der Waals surface area contributed by atoms with Gasteiger partial charge >= 0.3 is 0 Å². The van der Waals surface area contributed by atoms with Crippen LogP contribution < -0.4 is 11.1 Å². The fourth-order valence-electron chi connectivity index (χ4n) is 1.60. The lowest BCUT2D eigenvalue weighted by Gasteiger charge is -2.08. The lowest BCUT2D eigenvalue weighted by molar-refractivity contribution is 0.392. The number of nitrogens with two attached hydrogens (primary N) is 1. The molecule has 0 saturated heterocycles. The monoisotopic (exact) mass is 217 g/mol. The van der Waals surface area contributed by atoms with E-state index >= 15 is 0 Å². The second-order valence-corrected chi connectivity index (χ2v) is 3.74. The first-order valence-corrected chi connectivity index (χ1v) is 5.18. The van der Waals surface area contributed by atoms with Crippen LogP contribution in [0, 0.1) is 13.8 Å². The topological polar surface area (TPSA) is 64.1 Å². The lowest BCUT2D eigenvalue weighted by Crippen LogP contribution is -2.03. The molecule has 2 aromatic rings. The zero-order valence-electron chi connectivity index (χ0n) is 9.45. The summed E-state index contributed by atoms with van der Waals surface area (Å²) in [5, 5.41) is 7.18. The Bertz CT molecular complexity index is 471. The van der Waals surface area contributed by atoms with Crippen molar-refractivity contribution in [2.75, 3.05) is 11.1 Å². The molecule has 1 heterocycles. The number of aryl methyl sites for hydroxylation is 2. The first kappa shape index (κ1) is 10.5. The van der Waals surface area contributed by atoms with Crippen molar-refractivity contribution in [2.24, 2.45) is 0 Å². The minimum atomic E-state index is 0.676. The van der Waals surface area contributed by atoms with Crippen molar-refractivity contribution >= 4 is 11.4 Å². The molecule has 0 saturated carbocycles. The van der Waals surface area contributed by atoms with E-state index < -0.39 is 0 Å². The highest BCUT2D eigenvalue weighted by atomic mass is 16.5. The van der Waals surface area contributed by atoms with Crippen LogP contribution >= 0.6 is 0 Å². The Morgan fingerprint density at radius 2 is 2.06 bits per heavy atom. The Morgan fingerprint density at radius 3 is 2.69 bits per heavy atom. The van der Waals surface area contributed by atoms with Gasteiger partial charge < -0.3 is 15.6 Å². The third-order valence-corrected chi connectivity index (χ3v) is 2.60. The van der Waals surface area contributed by atoms with Gasteiger partial charge in [-0.25, -0.2) is 0 Å². The summed E-state index contributed by atoms with van der Waals surface area (Å²) >= 11 is 0. The van der Waals surface area contributed by atoms with Crippen LogP contribution in [0.4, 0.5) is 11.4 Å². The lowest BCUT2D eigenvalue weighted by atomic mass is 10.2. The van der Waals surface area contributed by atoms with Crippen LogP contribution in [0.2, 0.25) is 0 Å². The number of rotatable bonds is 3. The van der Waals surface area contributed by atoms with Crippen molar-refractivity contribution in [1.82, 2.24) is 5.16 Å². The van der Waals surface area contributed by atoms with Gasteiger partial charge in [-0.2, -0.15) is 0 Å². The number of hydrogen-bond acceptors (Lipinski definition) is 4. The molecule has 0 radical (unpaired) electrons. The molecule has 16 heavy (non-hydrogen) atoms. The van der Waals surface area contributed by atoms with Crippen LogP contribution in [0.3, 0.4) is 0 Å². The van der Waals surface area contributed by atoms with Gasteiger partial charge in [-0.05, 0) is 26.0 Å². The van der Waals surface area contributed by atoms with Crippen molar-refractivity contribution in [2.45, 2.75) is 20.4 Å². The number of aromatic nitrogens is 1. The summed E-state index contributed by atoms with van der Waals surface area (Å²) in [5.41, 5.74) is 9.51. The minimum absolute atomic E-state index is 0.676. The van der Waals surface area contributed by atoms with E-state index in [-0.39, 0.29) is 0 Å². The smallest absolute Gasteiger partial charge is 0.138 e. The van der Waals surface area contributed by atoms with E-state index in [1.165, 1.54) is 0 Å². The molecule has 0 aliphatic heterocycles. The molecule has 0 aliphatic rings. The largest absolute Gasteiger partial charge is 0.397 e. The standard InChI is InChI=1S/C12H15N3O/c1-8-10(9(2)16-15-8)7-14-12-6-4-3-5-11(12)13/h3-6,14H,7,13H2,1-2H3. The quantitative estimate of drug-likeness (QED) is 0.775. The summed E-state index contributed by atoms with van der Waals surface area (Å²) in [5.74, 6) is 0.847. The molecule has 4 heteroatoms. The zero-order chi connectivity index (χ0) is 11.5. The van der Waals surface area contributed by atoms with Crippen LogP contribution in [0.25, 0.3) is 0 Å². The Balaban J connectivity index is 2.11. The van der Waals surface area contributed by atoms with Crippen LogP contribution in [0.5, 0.6) is 0 Å². The fourth-order valence-corrected chi connectivity index (χ4v) is 1.60. The van der Waals surface area contributed by atoms with Gasteiger partial charge in [0.1, 0.15) is 5.76 Å². The number of hydrogen-bond donors (Lipinski definition) is 2. The predicted octanol–water partition coefficient (Wildman–Crippen LogP) is 2.49. The Labute approximate surface area is 94.4 Å². The first-order valence-electron chi connectivity index (χ1n) is 5.18. The van der Waals surface area contributed by atoms with Gasteiger partial charge in [0.2, 0.25) is 0 Å². The van der Waals surface area contributed by atoms with E-state index in [1.54, 1.807) is 0 Å². The summed E-state index contributed by atoms with van der Waals surface area (Å²) < 4.78 is 5.09. The van der Waals surface area contributed by atoms with E-state index in [2.05, 4.69) is 10.5 Å². The summed E-state index contributed by atoms with van der Waals surface area (Å²) in [4.78, 5) is 0. The summed E-state index contributed by atoms with van der Waals surface area (Å²) in [6, 6.07) is 7.69. The Morgan fingerprint density at radius 1 is 1.31 bits per heavy atom. The second-order valence-electron chi connectivity index (χ2n) is 3.74. The number of para-hydroxylation sites is 2. The van der Waals surface area contributed by atoms with Crippen molar-refractivity contribution in [1.29, 1.82) is 0 Å². The number of nitrogens with one attached hydrogen (secondary N) is 1. The number of anilines is 2. The van der Waals surface area contributed by atoms with Crippen molar-refractivity contribution < 1.29 is 4.52 Å². The van der Waals surface area contributed by atoms with Crippen LogP contribution in [-0.2, 0) is 6.54 Å². The zero-order valence-corrected chi connectivity index (χ0v) is 9.45. The van der Waals surface area contributed by atoms with Gasteiger partial charge in [0.05, 0.1) is 17.1 Å². The predicted molar refractivity (Wildman–Crippen MR) is 64.2 cm³/mol. The molecular weight excluding hydrogens is 202 g/mol. The Kier molecular flexibility index (Phi) is 2.81. The van der Waals surface area contributed by atoms with Gasteiger partial charge in [0.15, 0.2) is 0 Å². The molecule has 4 nitrogen and oxygen atoms in total. The summed E-state index contributed by atoms with van der Waals surface area (Å²) in [6.07, 6.45) is 0. The molecule has 0 amide bonds. The molecule has 2 rings (SSSR count). The van der Waals surface area contributed by atoms with E-state index in [0.29, 0.717) is 6.54 Å². The van der Waals surface area contributed by atoms with Crippen molar-refractivity contribution in [3.8, 4) is 0 Å². The molecule has 0 unspecified atom stereocenters. The Hall–Kier alpha value is -1.97. The normalized spacial score (nSPS) is 10.4. The van der Waals surface area contributed by atoms with Gasteiger partial charge in [-0.15, -0.1) is 0 Å².